The summed E-state index contributed by atoms with van der Waals surface area (Å²) in [4.78, 5) is 7.32. The van der Waals surface area contributed by atoms with E-state index in [4.69, 9.17) is 5.26 Å². The van der Waals surface area contributed by atoms with Crippen LogP contribution in [-0.4, -0.2) is 9.97 Å². The van der Waals surface area contributed by atoms with Crippen LogP contribution in [0.2, 0.25) is 0 Å². The third-order valence-electron chi connectivity index (χ3n) is 2.67. The zero-order valence-corrected chi connectivity index (χ0v) is 9.69. The molecule has 2 aromatic rings. The lowest BCUT2D eigenvalue weighted by atomic mass is 10.0. The van der Waals surface area contributed by atoms with Crippen LogP contribution in [0.4, 0.5) is 0 Å². The zero-order chi connectivity index (χ0) is 11.9. The Bertz CT molecular complexity index is 494. The molecule has 0 unspecified atom stereocenters. The molecular formula is C14H15N3. The van der Waals surface area contributed by atoms with Gasteiger partial charge in [0.05, 0.1) is 6.07 Å². The average Bonchev–Trinajstić information content (AvgIpc) is 2.83. The summed E-state index contributed by atoms with van der Waals surface area (Å²) in [5.41, 5.74) is 2.55. The maximum Gasteiger partial charge on any atom is 0.110 e. The van der Waals surface area contributed by atoms with Gasteiger partial charge in [-0.1, -0.05) is 24.3 Å². The summed E-state index contributed by atoms with van der Waals surface area (Å²) < 4.78 is 0. The molecule has 0 aliphatic heterocycles. The topological polar surface area (TPSA) is 52.5 Å². The summed E-state index contributed by atoms with van der Waals surface area (Å²) in [7, 11) is 0. The van der Waals surface area contributed by atoms with Crippen molar-refractivity contribution < 1.29 is 0 Å². The minimum atomic E-state index is 0.627. The van der Waals surface area contributed by atoms with Crippen LogP contribution in [0.5, 0.6) is 0 Å². The number of nitrogens with one attached hydrogen (secondary N) is 1. The van der Waals surface area contributed by atoms with Crippen molar-refractivity contribution >= 4 is 0 Å². The highest BCUT2D eigenvalue weighted by Crippen LogP contribution is 2.11. The molecule has 3 heteroatoms. The fourth-order valence-corrected chi connectivity index (χ4v) is 1.85. The molecule has 1 aromatic carbocycles. The fraction of sp³-hybridized carbons (Fsp3) is 0.286. The van der Waals surface area contributed by atoms with Crippen LogP contribution in [0, 0.1) is 11.3 Å². The van der Waals surface area contributed by atoms with E-state index in [0.29, 0.717) is 6.42 Å². The number of benzene rings is 1. The van der Waals surface area contributed by atoms with E-state index in [9.17, 15) is 0 Å². The minimum Gasteiger partial charge on any atom is -0.348 e. The van der Waals surface area contributed by atoms with Gasteiger partial charge in [-0.25, -0.2) is 4.98 Å². The molecule has 1 heterocycles. The lowest BCUT2D eigenvalue weighted by Crippen LogP contribution is -1.93. The molecule has 0 atom stereocenters. The lowest BCUT2D eigenvalue weighted by molar-refractivity contribution is 0.848. The molecule has 17 heavy (non-hydrogen) atoms. The highest BCUT2D eigenvalue weighted by molar-refractivity contribution is 5.26. The number of imidazole rings is 1. The Hall–Kier alpha value is -2.08. The molecule has 0 saturated heterocycles. The van der Waals surface area contributed by atoms with Crippen molar-refractivity contribution in [1.82, 2.24) is 9.97 Å². The normalized spacial score (nSPS) is 10.1. The second-order valence-corrected chi connectivity index (χ2v) is 4.04. The van der Waals surface area contributed by atoms with Crippen molar-refractivity contribution in [1.29, 1.82) is 5.26 Å². The lowest BCUT2D eigenvalue weighted by Gasteiger charge is -2.03. The second-order valence-electron chi connectivity index (χ2n) is 4.04. The average molecular weight is 225 g/mol. The van der Waals surface area contributed by atoms with E-state index in [1.807, 2.05) is 6.20 Å². The minimum absolute atomic E-state index is 0.627. The third kappa shape index (κ3) is 3.46. The van der Waals surface area contributed by atoms with Gasteiger partial charge in [0.1, 0.15) is 5.82 Å². The molecule has 0 amide bonds. The Balaban J connectivity index is 1.99. The van der Waals surface area contributed by atoms with E-state index >= 15 is 0 Å². The van der Waals surface area contributed by atoms with E-state index in [1.54, 1.807) is 6.20 Å². The second kappa shape index (κ2) is 5.86. The van der Waals surface area contributed by atoms with Gasteiger partial charge in [-0.15, -0.1) is 0 Å². The zero-order valence-electron chi connectivity index (χ0n) is 9.69. The van der Waals surface area contributed by atoms with E-state index in [0.717, 1.165) is 25.1 Å². The number of unbranched alkanes of at least 4 members (excludes halogenated alkanes) is 1. The van der Waals surface area contributed by atoms with E-state index in [2.05, 4.69) is 40.3 Å². The molecule has 0 spiro atoms. The van der Waals surface area contributed by atoms with Crippen molar-refractivity contribution in [3.8, 4) is 6.07 Å². The molecule has 0 aliphatic rings. The van der Waals surface area contributed by atoms with Crippen LogP contribution < -0.4 is 0 Å². The molecule has 2 rings (SSSR count). The van der Waals surface area contributed by atoms with Gasteiger partial charge in [0.25, 0.3) is 0 Å². The molecule has 0 bridgehead atoms. The molecule has 86 valence electrons. The van der Waals surface area contributed by atoms with Gasteiger partial charge in [0, 0.05) is 25.2 Å². The summed E-state index contributed by atoms with van der Waals surface area (Å²) in [6.45, 7) is 0. The van der Waals surface area contributed by atoms with Gasteiger partial charge in [-0.3, -0.25) is 0 Å². The van der Waals surface area contributed by atoms with Gasteiger partial charge in [0.2, 0.25) is 0 Å². The largest absolute Gasteiger partial charge is 0.348 e. The molecule has 3 nitrogen and oxygen atoms in total. The predicted molar refractivity (Wildman–Crippen MR) is 66.4 cm³/mol. The Morgan fingerprint density at radius 1 is 1.29 bits per heavy atom. The highest BCUT2D eigenvalue weighted by atomic mass is 14.9. The molecule has 0 radical (unpaired) electrons. The first-order valence-electron chi connectivity index (χ1n) is 5.81. The number of aromatic nitrogens is 2. The maximum atomic E-state index is 8.51. The molecule has 1 N–H and O–H groups in total. The number of hydrogen-bond acceptors (Lipinski definition) is 2. The van der Waals surface area contributed by atoms with Crippen LogP contribution in [0.25, 0.3) is 0 Å². The number of aryl methyl sites for hydroxylation is 1. The first kappa shape index (κ1) is 11.4. The fourth-order valence-electron chi connectivity index (χ4n) is 1.85. The summed E-state index contributed by atoms with van der Waals surface area (Å²) in [5, 5.41) is 8.51. The van der Waals surface area contributed by atoms with Gasteiger partial charge < -0.3 is 4.98 Å². The van der Waals surface area contributed by atoms with Crippen molar-refractivity contribution in [3.05, 3.63) is 53.6 Å². The molecule has 0 fully saturated rings. The van der Waals surface area contributed by atoms with E-state index in [1.165, 1.54) is 11.1 Å². The Kier molecular flexibility index (Phi) is 3.93. The first-order chi connectivity index (χ1) is 8.38. The summed E-state index contributed by atoms with van der Waals surface area (Å²) >= 11 is 0. The van der Waals surface area contributed by atoms with Gasteiger partial charge >= 0.3 is 0 Å². The number of hydrogen-bond donors (Lipinski definition) is 1. The smallest absolute Gasteiger partial charge is 0.110 e. The van der Waals surface area contributed by atoms with Crippen molar-refractivity contribution in [2.45, 2.75) is 25.7 Å². The number of nitriles is 1. The van der Waals surface area contributed by atoms with Crippen LogP contribution in [0.1, 0.15) is 29.8 Å². The first-order valence-corrected chi connectivity index (χ1v) is 5.81. The van der Waals surface area contributed by atoms with Gasteiger partial charge in [-0.05, 0) is 24.0 Å². The van der Waals surface area contributed by atoms with E-state index in [-0.39, 0.29) is 0 Å². The number of H-pyrrole nitrogens is 1. The van der Waals surface area contributed by atoms with Gasteiger partial charge in [-0.2, -0.15) is 5.26 Å². The predicted octanol–water partition coefficient (Wildman–Crippen LogP) is 2.85. The summed E-state index contributed by atoms with van der Waals surface area (Å²) in [5.74, 6) is 0.985. The number of nitrogens with zero attached hydrogens (tertiary/aromatic N) is 2. The Morgan fingerprint density at radius 3 is 2.94 bits per heavy atom. The van der Waals surface area contributed by atoms with Crippen molar-refractivity contribution in [2.24, 2.45) is 0 Å². The quantitative estimate of drug-likeness (QED) is 0.795. The number of rotatable bonds is 5. The summed E-state index contributed by atoms with van der Waals surface area (Å²) in [6.07, 6.45) is 6.97. The van der Waals surface area contributed by atoms with Crippen LogP contribution in [-0.2, 0) is 12.8 Å². The van der Waals surface area contributed by atoms with Crippen LogP contribution in [0.15, 0.2) is 36.7 Å². The van der Waals surface area contributed by atoms with Crippen LogP contribution >= 0.6 is 0 Å². The van der Waals surface area contributed by atoms with Crippen molar-refractivity contribution in [3.63, 3.8) is 0 Å². The van der Waals surface area contributed by atoms with E-state index < -0.39 is 0 Å². The molecular weight excluding hydrogens is 210 g/mol. The van der Waals surface area contributed by atoms with Crippen LogP contribution in [0.3, 0.4) is 0 Å². The third-order valence-corrected chi connectivity index (χ3v) is 2.67. The molecule has 0 aliphatic carbocycles. The highest BCUT2D eigenvalue weighted by Gasteiger charge is 2.00. The van der Waals surface area contributed by atoms with Crippen molar-refractivity contribution in [2.75, 3.05) is 0 Å². The molecule has 0 saturated carbocycles. The SMILES string of the molecule is N#CCCCc1cccc(Cc2ncc[nH]2)c1. The van der Waals surface area contributed by atoms with Gasteiger partial charge in [0.15, 0.2) is 0 Å². The maximum absolute atomic E-state index is 8.51. The number of aromatic amines is 1. The monoisotopic (exact) mass is 225 g/mol. The standard InChI is InChI=1S/C14H15N3/c15-7-2-1-4-12-5-3-6-13(10-12)11-14-16-8-9-17-14/h3,5-6,8-10H,1-2,4,11H2,(H,16,17). The summed E-state index contributed by atoms with van der Waals surface area (Å²) in [6, 6.07) is 10.7. The Morgan fingerprint density at radius 2 is 2.18 bits per heavy atom. The Labute approximate surface area is 101 Å². The molecule has 1 aromatic heterocycles.